The van der Waals surface area contributed by atoms with Crippen LogP contribution in [0.5, 0.6) is 0 Å². The molecule has 1 saturated heterocycles. The number of nitrogens with zero attached hydrogens (tertiary/aromatic N) is 3. The summed E-state index contributed by atoms with van der Waals surface area (Å²) >= 11 is 12.5. The van der Waals surface area contributed by atoms with Crippen molar-refractivity contribution in [2.24, 2.45) is 7.05 Å². The first-order valence-electron chi connectivity index (χ1n) is 8.87. The first-order valence-corrected chi connectivity index (χ1v) is 10.5. The lowest BCUT2D eigenvalue weighted by atomic mass is 10.2. The number of halogens is 2. The minimum absolute atomic E-state index is 0.103. The minimum atomic E-state index is -0.546. The van der Waals surface area contributed by atoms with Gasteiger partial charge in [0.05, 0.1) is 21.3 Å². The maximum absolute atomic E-state index is 14.2. The van der Waals surface area contributed by atoms with Gasteiger partial charge in [-0.25, -0.2) is 9.07 Å². The molecule has 0 atom stereocenters. The molecule has 1 aliphatic heterocycles. The second kappa shape index (κ2) is 7.86. The molecule has 0 N–H and O–H groups in total. The van der Waals surface area contributed by atoms with Gasteiger partial charge in [-0.2, -0.15) is 0 Å². The third kappa shape index (κ3) is 3.30. The normalized spacial score (nSPS) is 15.5. The van der Waals surface area contributed by atoms with Gasteiger partial charge in [0.15, 0.2) is 4.32 Å². The Balaban J connectivity index is 1.81. The molecule has 0 radical (unpaired) electrons. The molecule has 2 heterocycles. The highest BCUT2D eigenvalue weighted by molar-refractivity contribution is 8.27. The highest BCUT2D eigenvalue weighted by atomic mass is 35.5. The number of amides is 1. The van der Waals surface area contributed by atoms with Crippen molar-refractivity contribution in [1.82, 2.24) is 9.36 Å². The number of benzene rings is 2. The molecular weight excluding hydrogens is 445 g/mol. The molecule has 0 aliphatic carbocycles. The summed E-state index contributed by atoms with van der Waals surface area (Å²) in [5.74, 6) is -1.04. The molecule has 0 unspecified atom stereocenters. The van der Waals surface area contributed by atoms with E-state index in [4.69, 9.17) is 23.8 Å². The van der Waals surface area contributed by atoms with Crippen LogP contribution in [0.3, 0.4) is 0 Å². The summed E-state index contributed by atoms with van der Waals surface area (Å²) in [6.45, 7) is 1.74. The van der Waals surface area contributed by atoms with Crippen molar-refractivity contribution in [3.8, 4) is 5.69 Å². The monoisotopic (exact) mass is 459 g/mol. The Kier molecular flexibility index (Phi) is 5.40. The third-order valence-electron chi connectivity index (χ3n) is 4.82. The van der Waals surface area contributed by atoms with Crippen molar-refractivity contribution in [3.63, 3.8) is 0 Å². The van der Waals surface area contributed by atoms with E-state index in [0.717, 1.165) is 11.8 Å². The molecule has 5 nitrogen and oxygen atoms in total. The molecule has 1 fully saturated rings. The SMILES string of the molecule is Cc1c(N2C(=O)/C(=C\c3c(F)cccc3Cl)SC2=S)c(=O)n(-c2ccccc2)n1C. The summed E-state index contributed by atoms with van der Waals surface area (Å²) in [4.78, 5) is 27.8. The zero-order valence-corrected chi connectivity index (χ0v) is 18.3. The Hall–Kier alpha value is -2.68. The van der Waals surface area contributed by atoms with Gasteiger partial charge in [-0.15, -0.1) is 0 Å². The fourth-order valence-corrected chi connectivity index (χ4v) is 4.72. The Morgan fingerprint density at radius 2 is 1.80 bits per heavy atom. The first kappa shape index (κ1) is 20.6. The molecule has 1 aromatic heterocycles. The summed E-state index contributed by atoms with van der Waals surface area (Å²) in [7, 11) is 1.74. The Labute approximate surface area is 186 Å². The highest BCUT2D eigenvalue weighted by Gasteiger charge is 2.38. The summed E-state index contributed by atoms with van der Waals surface area (Å²) in [5, 5.41) is 0.183. The first-order chi connectivity index (χ1) is 14.3. The van der Waals surface area contributed by atoms with Crippen LogP contribution < -0.4 is 10.5 Å². The number of carbonyl (C=O) groups excluding carboxylic acids is 1. The maximum Gasteiger partial charge on any atom is 0.296 e. The number of carbonyl (C=O) groups is 1. The van der Waals surface area contributed by atoms with Gasteiger partial charge in [0.2, 0.25) is 0 Å². The Bertz CT molecular complexity index is 1260. The zero-order valence-electron chi connectivity index (χ0n) is 15.9. The van der Waals surface area contributed by atoms with E-state index in [1.165, 1.54) is 33.9 Å². The minimum Gasteiger partial charge on any atom is -0.283 e. The summed E-state index contributed by atoms with van der Waals surface area (Å²) in [6, 6.07) is 13.4. The lowest BCUT2D eigenvalue weighted by Gasteiger charge is -2.12. The molecule has 4 rings (SSSR count). The molecule has 9 heteroatoms. The zero-order chi connectivity index (χ0) is 21.6. The van der Waals surface area contributed by atoms with E-state index in [1.54, 1.807) is 30.8 Å². The van der Waals surface area contributed by atoms with Crippen molar-refractivity contribution in [2.75, 3.05) is 4.90 Å². The maximum atomic E-state index is 14.2. The Morgan fingerprint density at radius 3 is 2.47 bits per heavy atom. The molecule has 1 amide bonds. The van der Waals surface area contributed by atoms with Crippen molar-refractivity contribution in [2.45, 2.75) is 6.92 Å². The molecule has 2 aromatic carbocycles. The molecule has 152 valence electrons. The number of thioether (sulfide) groups is 1. The second-order valence-corrected chi connectivity index (χ2v) is 8.65. The van der Waals surface area contributed by atoms with E-state index >= 15 is 0 Å². The van der Waals surface area contributed by atoms with Gasteiger partial charge in [0.1, 0.15) is 11.5 Å². The largest absolute Gasteiger partial charge is 0.296 e. The van der Waals surface area contributed by atoms with Crippen molar-refractivity contribution < 1.29 is 9.18 Å². The van der Waals surface area contributed by atoms with Crippen LogP contribution >= 0.6 is 35.6 Å². The van der Waals surface area contributed by atoms with Crippen LogP contribution in [0.1, 0.15) is 11.3 Å². The van der Waals surface area contributed by atoms with E-state index in [1.807, 2.05) is 18.2 Å². The third-order valence-corrected chi connectivity index (χ3v) is 6.45. The van der Waals surface area contributed by atoms with Gasteiger partial charge >= 0.3 is 0 Å². The number of aromatic nitrogens is 2. The van der Waals surface area contributed by atoms with Crippen LogP contribution in [0.2, 0.25) is 5.02 Å². The highest BCUT2D eigenvalue weighted by Crippen LogP contribution is 2.37. The number of thiocarbonyl (C=S) groups is 1. The summed E-state index contributed by atoms with van der Waals surface area (Å²) in [5.41, 5.74) is 1.14. The van der Waals surface area contributed by atoms with Gasteiger partial charge in [-0.05, 0) is 37.3 Å². The average molecular weight is 460 g/mol. The average Bonchev–Trinajstić information content (AvgIpc) is 3.11. The van der Waals surface area contributed by atoms with E-state index in [2.05, 4.69) is 0 Å². The topological polar surface area (TPSA) is 47.2 Å². The van der Waals surface area contributed by atoms with E-state index < -0.39 is 11.7 Å². The lowest BCUT2D eigenvalue weighted by molar-refractivity contribution is -0.113. The number of anilines is 1. The predicted octanol–water partition coefficient (Wildman–Crippen LogP) is 4.68. The van der Waals surface area contributed by atoms with E-state index in [9.17, 15) is 14.0 Å². The molecule has 0 spiro atoms. The molecule has 3 aromatic rings. The van der Waals surface area contributed by atoms with Gasteiger partial charge in [0.25, 0.3) is 11.5 Å². The predicted molar refractivity (Wildman–Crippen MR) is 123 cm³/mol. The van der Waals surface area contributed by atoms with Crippen LogP contribution in [0.4, 0.5) is 10.1 Å². The number of para-hydroxylation sites is 1. The fourth-order valence-electron chi connectivity index (χ4n) is 3.25. The lowest BCUT2D eigenvalue weighted by Crippen LogP contribution is -2.33. The quantitative estimate of drug-likeness (QED) is 0.421. The van der Waals surface area contributed by atoms with Crippen LogP contribution in [-0.2, 0) is 11.8 Å². The van der Waals surface area contributed by atoms with Crippen molar-refractivity contribution in [1.29, 1.82) is 0 Å². The molecule has 0 saturated carbocycles. The molecular formula is C21H15ClFN3O2S2. The Morgan fingerprint density at radius 1 is 1.10 bits per heavy atom. The standard InChI is InChI=1S/C21H15ClFN3O2S2/c1-12-18(20(28)26(24(12)2)13-7-4-3-5-8-13)25-19(27)17(30-21(25)29)11-14-15(22)9-6-10-16(14)23/h3-11H,1-2H3/b17-11+. The number of rotatable bonds is 3. The number of hydrogen-bond donors (Lipinski definition) is 0. The van der Waals surface area contributed by atoms with E-state index in [-0.39, 0.29) is 31.1 Å². The smallest absolute Gasteiger partial charge is 0.283 e. The van der Waals surface area contributed by atoms with Gasteiger partial charge in [0, 0.05) is 12.6 Å². The molecule has 30 heavy (non-hydrogen) atoms. The number of hydrogen-bond acceptors (Lipinski definition) is 4. The summed E-state index contributed by atoms with van der Waals surface area (Å²) < 4.78 is 17.5. The van der Waals surface area contributed by atoms with Gasteiger partial charge in [-0.1, -0.05) is 59.8 Å². The van der Waals surface area contributed by atoms with Crippen molar-refractivity contribution in [3.05, 3.63) is 85.9 Å². The van der Waals surface area contributed by atoms with Gasteiger partial charge in [-0.3, -0.25) is 19.2 Å². The van der Waals surface area contributed by atoms with Gasteiger partial charge < -0.3 is 0 Å². The molecule has 1 aliphatic rings. The van der Waals surface area contributed by atoms with Crippen LogP contribution in [0.25, 0.3) is 11.8 Å². The second-order valence-electron chi connectivity index (χ2n) is 6.56. The van der Waals surface area contributed by atoms with Crippen molar-refractivity contribution >= 4 is 57.6 Å². The summed E-state index contributed by atoms with van der Waals surface area (Å²) in [6.07, 6.45) is 1.37. The van der Waals surface area contributed by atoms with Crippen LogP contribution in [0.15, 0.2) is 58.2 Å². The van der Waals surface area contributed by atoms with Crippen LogP contribution in [0, 0.1) is 12.7 Å². The van der Waals surface area contributed by atoms with E-state index in [0.29, 0.717) is 11.4 Å². The van der Waals surface area contributed by atoms with Crippen LogP contribution in [-0.4, -0.2) is 19.6 Å². The molecule has 0 bridgehead atoms. The fraction of sp³-hybridized carbons (Fsp3) is 0.0952.